The quantitative estimate of drug-likeness (QED) is 0.814. The maximum absolute atomic E-state index is 12.5. The molecule has 0 atom stereocenters. The molecule has 5 nitrogen and oxygen atoms in total. The Morgan fingerprint density at radius 1 is 1.23 bits per heavy atom. The Morgan fingerprint density at radius 2 is 2.04 bits per heavy atom. The maximum atomic E-state index is 12.5. The van der Waals surface area contributed by atoms with E-state index in [1.807, 2.05) is 18.2 Å². The molecule has 1 N–H and O–H groups in total. The number of halogens is 2. The molecule has 1 saturated heterocycles. The first-order chi connectivity index (χ1) is 12.4. The number of rotatable bonds is 4. The third-order valence-electron chi connectivity index (χ3n) is 4.23. The largest absolute Gasteiger partial charge is 0.323 e. The molecular weight excluding hydrogens is 373 g/mol. The van der Waals surface area contributed by atoms with E-state index in [4.69, 9.17) is 23.2 Å². The molecule has 7 heteroatoms. The van der Waals surface area contributed by atoms with E-state index in [0.717, 1.165) is 17.7 Å². The Labute approximate surface area is 162 Å². The van der Waals surface area contributed by atoms with Crippen molar-refractivity contribution >= 4 is 46.5 Å². The van der Waals surface area contributed by atoms with Gasteiger partial charge in [-0.05, 0) is 42.3 Å². The van der Waals surface area contributed by atoms with Gasteiger partial charge < -0.3 is 15.1 Å². The number of urea groups is 1. The minimum absolute atomic E-state index is 0.0858. The van der Waals surface area contributed by atoms with Gasteiger partial charge in [0.25, 0.3) is 0 Å². The number of amides is 3. The first-order valence-electron chi connectivity index (χ1n) is 8.30. The van der Waals surface area contributed by atoms with Crippen LogP contribution < -0.4 is 10.2 Å². The molecule has 0 radical (unpaired) electrons. The summed E-state index contributed by atoms with van der Waals surface area (Å²) in [6, 6.07) is 12.3. The molecule has 2 aromatic carbocycles. The van der Waals surface area contributed by atoms with Gasteiger partial charge in [-0.3, -0.25) is 4.79 Å². The van der Waals surface area contributed by atoms with Gasteiger partial charge in [0.2, 0.25) is 5.91 Å². The fourth-order valence-electron chi connectivity index (χ4n) is 2.89. The number of nitrogens with one attached hydrogen (secondary N) is 1. The van der Waals surface area contributed by atoms with Crippen molar-refractivity contribution in [3.63, 3.8) is 0 Å². The summed E-state index contributed by atoms with van der Waals surface area (Å²) in [5.41, 5.74) is 2.15. The normalized spacial score (nSPS) is 13.8. The van der Waals surface area contributed by atoms with Crippen molar-refractivity contribution in [3.05, 3.63) is 58.1 Å². The van der Waals surface area contributed by atoms with Crippen LogP contribution in [0.1, 0.15) is 18.4 Å². The first-order valence-corrected chi connectivity index (χ1v) is 9.06. The molecule has 0 saturated carbocycles. The van der Waals surface area contributed by atoms with Crippen molar-refractivity contribution in [3.8, 4) is 0 Å². The van der Waals surface area contributed by atoms with Gasteiger partial charge in [0.15, 0.2) is 0 Å². The number of benzene rings is 2. The highest BCUT2D eigenvalue weighted by Crippen LogP contribution is 2.30. The van der Waals surface area contributed by atoms with Crippen molar-refractivity contribution in [2.45, 2.75) is 19.4 Å². The molecule has 3 rings (SSSR count). The Morgan fingerprint density at radius 3 is 2.73 bits per heavy atom. The molecule has 1 heterocycles. The molecule has 26 heavy (non-hydrogen) atoms. The number of nitrogens with zero attached hydrogens (tertiary/aromatic N) is 2. The van der Waals surface area contributed by atoms with Crippen LogP contribution in [0, 0.1) is 0 Å². The van der Waals surface area contributed by atoms with Gasteiger partial charge in [0.1, 0.15) is 0 Å². The molecular formula is C19H19Cl2N3O2. The molecule has 3 amide bonds. The van der Waals surface area contributed by atoms with E-state index in [2.05, 4.69) is 5.32 Å². The van der Waals surface area contributed by atoms with E-state index in [1.54, 1.807) is 36.2 Å². The van der Waals surface area contributed by atoms with Crippen LogP contribution in [0.2, 0.25) is 10.0 Å². The standard InChI is InChI=1S/C19H19Cl2N3O2/c1-23(12-13-4-2-5-14(20)10-13)19(26)22-17-11-15(7-8-16(17)21)24-9-3-6-18(24)25/h2,4-5,7-8,10-11H,3,6,9,12H2,1H3,(H,22,26). The zero-order chi connectivity index (χ0) is 18.7. The number of hydrogen-bond acceptors (Lipinski definition) is 2. The summed E-state index contributed by atoms with van der Waals surface area (Å²) < 4.78 is 0. The summed E-state index contributed by atoms with van der Waals surface area (Å²) in [7, 11) is 1.69. The van der Waals surface area contributed by atoms with Crippen molar-refractivity contribution in [1.29, 1.82) is 0 Å². The van der Waals surface area contributed by atoms with E-state index in [0.29, 0.717) is 35.2 Å². The number of carbonyl (C=O) groups is 2. The Hall–Kier alpha value is -2.24. The van der Waals surface area contributed by atoms with Crippen LogP contribution in [0.3, 0.4) is 0 Å². The summed E-state index contributed by atoms with van der Waals surface area (Å²) in [6.07, 6.45) is 1.39. The minimum Gasteiger partial charge on any atom is -0.323 e. The second-order valence-corrected chi connectivity index (χ2v) is 7.07. The van der Waals surface area contributed by atoms with Gasteiger partial charge in [0, 0.05) is 37.3 Å². The summed E-state index contributed by atoms with van der Waals surface area (Å²) in [4.78, 5) is 27.7. The molecule has 1 fully saturated rings. The molecule has 0 aliphatic carbocycles. The fourth-order valence-corrected chi connectivity index (χ4v) is 3.27. The molecule has 0 aromatic heterocycles. The lowest BCUT2D eigenvalue weighted by molar-refractivity contribution is -0.117. The predicted molar refractivity (Wildman–Crippen MR) is 105 cm³/mol. The second kappa shape index (κ2) is 7.98. The molecule has 1 aliphatic rings. The van der Waals surface area contributed by atoms with E-state index < -0.39 is 0 Å². The van der Waals surface area contributed by atoms with Crippen LogP contribution >= 0.6 is 23.2 Å². The second-order valence-electron chi connectivity index (χ2n) is 6.23. The van der Waals surface area contributed by atoms with Crippen LogP contribution in [0.25, 0.3) is 0 Å². The van der Waals surface area contributed by atoms with Gasteiger partial charge in [-0.1, -0.05) is 35.3 Å². The Bertz CT molecular complexity index is 841. The third kappa shape index (κ3) is 4.29. The molecule has 0 spiro atoms. The lowest BCUT2D eigenvalue weighted by atomic mass is 10.2. The lowest BCUT2D eigenvalue weighted by Crippen LogP contribution is -2.31. The molecule has 0 unspecified atom stereocenters. The Balaban J connectivity index is 1.71. The Kier molecular flexibility index (Phi) is 5.69. The van der Waals surface area contributed by atoms with Crippen molar-refractivity contribution in [1.82, 2.24) is 4.90 Å². The van der Waals surface area contributed by atoms with E-state index in [-0.39, 0.29) is 11.9 Å². The van der Waals surface area contributed by atoms with Crippen LogP contribution in [0.5, 0.6) is 0 Å². The van der Waals surface area contributed by atoms with Crippen molar-refractivity contribution < 1.29 is 9.59 Å². The highest BCUT2D eigenvalue weighted by Gasteiger charge is 2.22. The maximum Gasteiger partial charge on any atom is 0.321 e. The number of anilines is 2. The zero-order valence-electron chi connectivity index (χ0n) is 14.3. The summed E-state index contributed by atoms with van der Waals surface area (Å²) in [5, 5.41) is 3.86. The zero-order valence-corrected chi connectivity index (χ0v) is 15.8. The monoisotopic (exact) mass is 391 g/mol. The van der Waals surface area contributed by atoms with Gasteiger partial charge in [0.05, 0.1) is 10.7 Å². The smallest absolute Gasteiger partial charge is 0.321 e. The van der Waals surface area contributed by atoms with Gasteiger partial charge in [-0.25, -0.2) is 4.79 Å². The van der Waals surface area contributed by atoms with E-state index in [1.165, 1.54) is 4.90 Å². The van der Waals surface area contributed by atoms with E-state index in [9.17, 15) is 9.59 Å². The van der Waals surface area contributed by atoms with Crippen LogP contribution in [-0.2, 0) is 11.3 Å². The molecule has 1 aliphatic heterocycles. The van der Waals surface area contributed by atoms with Crippen LogP contribution in [0.4, 0.5) is 16.2 Å². The van der Waals surface area contributed by atoms with Crippen molar-refractivity contribution in [2.24, 2.45) is 0 Å². The SMILES string of the molecule is CN(Cc1cccc(Cl)c1)C(=O)Nc1cc(N2CCCC2=O)ccc1Cl. The topological polar surface area (TPSA) is 52.7 Å². The van der Waals surface area contributed by atoms with Gasteiger partial charge in [-0.2, -0.15) is 0 Å². The van der Waals surface area contributed by atoms with Crippen molar-refractivity contribution in [2.75, 3.05) is 23.8 Å². The number of carbonyl (C=O) groups excluding carboxylic acids is 2. The first kappa shape index (κ1) is 18.5. The van der Waals surface area contributed by atoms with Crippen LogP contribution in [-0.4, -0.2) is 30.4 Å². The number of hydrogen-bond donors (Lipinski definition) is 1. The molecule has 2 aromatic rings. The van der Waals surface area contributed by atoms with Gasteiger partial charge >= 0.3 is 6.03 Å². The molecule has 136 valence electrons. The van der Waals surface area contributed by atoms with Gasteiger partial charge in [-0.15, -0.1) is 0 Å². The molecule has 0 bridgehead atoms. The summed E-state index contributed by atoms with van der Waals surface area (Å²) in [6.45, 7) is 1.09. The highest BCUT2D eigenvalue weighted by atomic mass is 35.5. The minimum atomic E-state index is -0.295. The fraction of sp³-hybridized carbons (Fsp3) is 0.263. The average Bonchev–Trinajstić information content (AvgIpc) is 3.03. The average molecular weight is 392 g/mol. The predicted octanol–water partition coefficient (Wildman–Crippen LogP) is 4.78. The highest BCUT2D eigenvalue weighted by molar-refractivity contribution is 6.33. The lowest BCUT2D eigenvalue weighted by Gasteiger charge is -2.21. The van der Waals surface area contributed by atoms with Crippen LogP contribution in [0.15, 0.2) is 42.5 Å². The summed E-state index contributed by atoms with van der Waals surface area (Å²) >= 11 is 12.2. The van der Waals surface area contributed by atoms with E-state index >= 15 is 0 Å². The summed E-state index contributed by atoms with van der Waals surface area (Å²) in [5.74, 6) is 0.0858. The third-order valence-corrected chi connectivity index (χ3v) is 4.80.